The molecule has 0 saturated heterocycles. The summed E-state index contributed by atoms with van der Waals surface area (Å²) in [6, 6.07) is 9.68. The fraction of sp³-hybridized carbons (Fsp3) is 0.381. The van der Waals surface area contributed by atoms with Crippen LogP contribution in [0.5, 0.6) is 0 Å². The molecular weight excluding hydrogens is 408 g/mol. The van der Waals surface area contributed by atoms with Crippen LogP contribution in [-0.4, -0.2) is 32.5 Å². The SMILES string of the molecule is CC(C)[C@H]1Cc2c(sc3nc(SCC(=O)O)n(Cc4ccccc4)c(=O)c23)CO1. The van der Waals surface area contributed by atoms with E-state index >= 15 is 0 Å². The van der Waals surface area contributed by atoms with Crippen molar-refractivity contribution in [2.45, 2.75) is 44.7 Å². The fourth-order valence-electron chi connectivity index (χ4n) is 3.51. The minimum atomic E-state index is -0.936. The van der Waals surface area contributed by atoms with Crippen LogP contribution < -0.4 is 5.56 Å². The summed E-state index contributed by atoms with van der Waals surface area (Å²) in [6.45, 7) is 5.10. The summed E-state index contributed by atoms with van der Waals surface area (Å²) in [4.78, 5) is 31.1. The van der Waals surface area contributed by atoms with Gasteiger partial charge in [0.1, 0.15) is 4.83 Å². The third-order valence-corrected chi connectivity index (χ3v) is 7.11. The molecule has 2 aromatic heterocycles. The van der Waals surface area contributed by atoms with E-state index in [1.165, 1.54) is 11.3 Å². The van der Waals surface area contributed by atoms with Crippen LogP contribution >= 0.6 is 23.1 Å². The number of carboxylic acid groups (broad SMARTS) is 1. The van der Waals surface area contributed by atoms with E-state index in [9.17, 15) is 9.59 Å². The largest absolute Gasteiger partial charge is 0.481 e. The molecule has 0 amide bonds. The Labute approximate surface area is 176 Å². The van der Waals surface area contributed by atoms with Crippen molar-refractivity contribution in [1.29, 1.82) is 0 Å². The minimum absolute atomic E-state index is 0.0864. The van der Waals surface area contributed by atoms with E-state index in [2.05, 4.69) is 13.8 Å². The Balaban J connectivity index is 1.84. The first-order valence-electron chi connectivity index (χ1n) is 9.49. The average molecular weight is 431 g/mol. The first-order valence-corrected chi connectivity index (χ1v) is 11.3. The predicted octanol–water partition coefficient (Wildman–Crippen LogP) is 3.78. The maximum absolute atomic E-state index is 13.5. The standard InChI is InChI=1S/C21H22N2O4S2/c1-12(2)15-8-14-16(10-27-15)29-19-18(14)20(26)23(9-13-6-4-3-5-7-13)21(22-19)28-11-17(24)25/h3-7,12,15H,8-11H2,1-2H3,(H,24,25)/t15-/m1/s1. The number of carboxylic acids is 1. The Morgan fingerprint density at radius 1 is 1.38 bits per heavy atom. The predicted molar refractivity (Wildman–Crippen MR) is 115 cm³/mol. The first-order chi connectivity index (χ1) is 13.9. The van der Waals surface area contributed by atoms with E-state index in [4.69, 9.17) is 14.8 Å². The molecule has 0 spiro atoms. The number of rotatable bonds is 6. The number of carbonyl (C=O) groups is 1. The number of aliphatic carboxylic acids is 1. The second kappa shape index (κ2) is 8.30. The summed E-state index contributed by atoms with van der Waals surface area (Å²) in [5.41, 5.74) is 1.91. The van der Waals surface area contributed by atoms with Crippen molar-refractivity contribution in [2.24, 2.45) is 5.92 Å². The second-order valence-electron chi connectivity index (χ2n) is 7.44. The zero-order valence-corrected chi connectivity index (χ0v) is 17.9. The Bertz CT molecular complexity index is 1110. The van der Waals surface area contributed by atoms with Crippen molar-refractivity contribution in [3.05, 3.63) is 56.7 Å². The van der Waals surface area contributed by atoms with E-state index < -0.39 is 5.97 Å². The summed E-state index contributed by atoms with van der Waals surface area (Å²) in [5, 5.41) is 10.2. The number of fused-ring (bicyclic) bond motifs is 3. The van der Waals surface area contributed by atoms with Crippen LogP contribution in [0.3, 0.4) is 0 Å². The van der Waals surface area contributed by atoms with Gasteiger partial charge in [-0.2, -0.15) is 0 Å². The van der Waals surface area contributed by atoms with Gasteiger partial charge in [-0.3, -0.25) is 14.2 Å². The van der Waals surface area contributed by atoms with Gasteiger partial charge in [-0.25, -0.2) is 4.98 Å². The molecule has 0 unspecified atom stereocenters. The van der Waals surface area contributed by atoms with Crippen LogP contribution in [0.25, 0.3) is 10.2 Å². The smallest absolute Gasteiger partial charge is 0.313 e. The number of thioether (sulfide) groups is 1. The Hall–Kier alpha value is -2.16. The quantitative estimate of drug-likeness (QED) is 0.473. The highest BCUT2D eigenvalue weighted by Crippen LogP contribution is 2.36. The number of hydrogen-bond donors (Lipinski definition) is 1. The molecule has 0 aliphatic carbocycles. The van der Waals surface area contributed by atoms with Gasteiger partial charge in [0.05, 0.1) is 30.4 Å². The van der Waals surface area contributed by atoms with Gasteiger partial charge in [-0.1, -0.05) is 55.9 Å². The molecule has 4 rings (SSSR count). The highest BCUT2D eigenvalue weighted by molar-refractivity contribution is 7.99. The molecular formula is C21H22N2O4S2. The van der Waals surface area contributed by atoms with Crippen molar-refractivity contribution >= 4 is 39.3 Å². The topological polar surface area (TPSA) is 81.4 Å². The average Bonchev–Trinajstić information content (AvgIpc) is 3.07. The van der Waals surface area contributed by atoms with Crippen molar-refractivity contribution in [2.75, 3.05) is 5.75 Å². The van der Waals surface area contributed by atoms with Gasteiger partial charge in [-0.05, 0) is 17.0 Å². The number of benzene rings is 1. The monoisotopic (exact) mass is 430 g/mol. The molecule has 29 heavy (non-hydrogen) atoms. The van der Waals surface area contributed by atoms with Crippen LogP contribution in [0.15, 0.2) is 40.3 Å². The van der Waals surface area contributed by atoms with Crippen LogP contribution in [0.1, 0.15) is 29.9 Å². The highest BCUT2D eigenvalue weighted by atomic mass is 32.2. The molecule has 1 aliphatic rings. The third kappa shape index (κ3) is 4.10. The molecule has 0 saturated carbocycles. The van der Waals surface area contributed by atoms with Crippen LogP contribution in [0.2, 0.25) is 0 Å². The van der Waals surface area contributed by atoms with Gasteiger partial charge < -0.3 is 9.84 Å². The van der Waals surface area contributed by atoms with E-state index in [1.807, 2.05) is 30.3 Å². The molecule has 3 aromatic rings. The molecule has 1 atom stereocenters. The number of ether oxygens (including phenoxy) is 1. The zero-order chi connectivity index (χ0) is 20.5. The van der Waals surface area contributed by atoms with Gasteiger partial charge in [0.25, 0.3) is 5.56 Å². The Kier molecular flexibility index (Phi) is 5.76. The van der Waals surface area contributed by atoms with Gasteiger partial charge in [-0.15, -0.1) is 11.3 Å². The summed E-state index contributed by atoms with van der Waals surface area (Å²) in [5.74, 6) is -0.714. The molecule has 1 N–H and O–H groups in total. The van der Waals surface area contributed by atoms with E-state index in [0.29, 0.717) is 40.9 Å². The molecule has 1 aliphatic heterocycles. The summed E-state index contributed by atoms with van der Waals surface area (Å²) < 4.78 is 7.57. The molecule has 0 fully saturated rings. The Morgan fingerprint density at radius 2 is 2.14 bits per heavy atom. The van der Waals surface area contributed by atoms with Crippen LogP contribution in [0, 0.1) is 5.92 Å². The van der Waals surface area contributed by atoms with E-state index in [0.717, 1.165) is 27.8 Å². The summed E-state index contributed by atoms with van der Waals surface area (Å²) in [6.07, 6.45) is 0.792. The number of hydrogen-bond acceptors (Lipinski definition) is 6. The lowest BCUT2D eigenvalue weighted by Crippen LogP contribution is -2.29. The lowest BCUT2D eigenvalue weighted by Gasteiger charge is -2.26. The van der Waals surface area contributed by atoms with E-state index in [-0.39, 0.29) is 17.4 Å². The maximum Gasteiger partial charge on any atom is 0.313 e. The van der Waals surface area contributed by atoms with Crippen molar-refractivity contribution in [1.82, 2.24) is 9.55 Å². The molecule has 0 radical (unpaired) electrons. The normalized spacial score (nSPS) is 16.3. The molecule has 152 valence electrons. The third-order valence-electron chi connectivity index (χ3n) is 5.04. The van der Waals surface area contributed by atoms with Gasteiger partial charge in [0.15, 0.2) is 5.16 Å². The van der Waals surface area contributed by atoms with Crippen molar-refractivity contribution in [3.8, 4) is 0 Å². The molecule has 6 nitrogen and oxygen atoms in total. The minimum Gasteiger partial charge on any atom is -0.481 e. The first kappa shape index (κ1) is 20.1. The number of thiophene rings is 1. The maximum atomic E-state index is 13.5. The van der Waals surface area contributed by atoms with Crippen molar-refractivity contribution in [3.63, 3.8) is 0 Å². The molecule has 3 heterocycles. The highest BCUT2D eigenvalue weighted by Gasteiger charge is 2.28. The van der Waals surface area contributed by atoms with E-state index in [1.54, 1.807) is 4.57 Å². The van der Waals surface area contributed by atoms with Crippen LogP contribution in [0.4, 0.5) is 0 Å². The van der Waals surface area contributed by atoms with Gasteiger partial charge in [0.2, 0.25) is 0 Å². The van der Waals surface area contributed by atoms with Gasteiger partial charge >= 0.3 is 5.97 Å². The molecule has 0 bridgehead atoms. The molecule has 1 aromatic carbocycles. The summed E-state index contributed by atoms with van der Waals surface area (Å²) in [7, 11) is 0. The number of nitrogens with zero attached hydrogens (tertiary/aromatic N) is 2. The van der Waals surface area contributed by atoms with Gasteiger partial charge in [0, 0.05) is 11.3 Å². The lowest BCUT2D eigenvalue weighted by atomic mass is 9.96. The zero-order valence-electron chi connectivity index (χ0n) is 16.3. The van der Waals surface area contributed by atoms with Crippen molar-refractivity contribution < 1.29 is 14.6 Å². The second-order valence-corrected chi connectivity index (χ2v) is 9.46. The Morgan fingerprint density at radius 3 is 2.83 bits per heavy atom. The number of aromatic nitrogens is 2. The molecule has 8 heteroatoms. The summed E-state index contributed by atoms with van der Waals surface area (Å²) >= 11 is 2.56. The fourth-order valence-corrected chi connectivity index (χ4v) is 5.39. The lowest BCUT2D eigenvalue weighted by molar-refractivity contribution is -0.133. The van der Waals surface area contributed by atoms with Crippen LogP contribution in [-0.2, 0) is 29.1 Å².